The van der Waals surface area contributed by atoms with E-state index in [1.54, 1.807) is 40.4 Å². The lowest BCUT2D eigenvalue weighted by atomic mass is 10.2. The number of carbonyl (C=O) groups excluding carboxylic acids is 1. The second kappa shape index (κ2) is 17.6. The molecule has 0 saturated carbocycles. The molecule has 1 aliphatic heterocycles. The van der Waals surface area contributed by atoms with Crippen LogP contribution in [0.4, 0.5) is 23.5 Å². The molecule has 1 aromatic carbocycles. The predicted octanol–water partition coefficient (Wildman–Crippen LogP) is 1.52. The molecule has 1 amide bonds. The van der Waals surface area contributed by atoms with Gasteiger partial charge in [-0.05, 0) is 17.7 Å². The number of fused-ring (bicyclic) bond motifs is 1. The van der Waals surface area contributed by atoms with Crippen LogP contribution in [0, 0.1) is 0 Å². The van der Waals surface area contributed by atoms with Crippen LogP contribution in [-0.4, -0.2) is 146 Å². The molecule has 15 nitrogen and oxygen atoms in total. The van der Waals surface area contributed by atoms with Gasteiger partial charge in [0, 0.05) is 81.3 Å². The molecule has 4 rings (SSSR count). The van der Waals surface area contributed by atoms with Crippen molar-refractivity contribution in [3.8, 4) is 5.75 Å². The normalized spacial score (nSPS) is 13.4. The van der Waals surface area contributed by atoms with Crippen molar-refractivity contribution in [1.82, 2.24) is 24.8 Å². The number of hydrogen-bond donors (Lipinski definition) is 1. The van der Waals surface area contributed by atoms with Crippen LogP contribution in [0.25, 0.3) is 11.0 Å². The number of methoxy groups -OCH3 is 5. The Labute approximate surface area is 270 Å². The molecule has 3 aromatic rings. The summed E-state index contributed by atoms with van der Waals surface area (Å²) >= 11 is 0. The maximum absolute atomic E-state index is 12.9. The quantitative estimate of drug-likeness (QED) is 0.202. The number of anilines is 4. The van der Waals surface area contributed by atoms with Crippen LogP contribution in [0.1, 0.15) is 5.56 Å². The Bertz CT molecular complexity index is 1400. The number of hydrogen-bond acceptors (Lipinski definition) is 14. The molecule has 0 atom stereocenters. The number of likely N-dealkylation sites (N-methyl/N-ethyl adjacent to an activating group) is 1. The van der Waals surface area contributed by atoms with Crippen LogP contribution in [0.5, 0.6) is 5.75 Å². The lowest BCUT2D eigenvalue weighted by molar-refractivity contribution is -0.129. The molecule has 3 heterocycles. The van der Waals surface area contributed by atoms with Crippen molar-refractivity contribution in [3.05, 3.63) is 29.8 Å². The number of amides is 1. The summed E-state index contributed by atoms with van der Waals surface area (Å²) in [6.45, 7) is 5.83. The van der Waals surface area contributed by atoms with Crippen LogP contribution in [0.15, 0.2) is 24.3 Å². The molecular formula is C31H47N9O6. The Hall–Kier alpha value is -4.05. The summed E-state index contributed by atoms with van der Waals surface area (Å²) in [6.07, 6.45) is 0. The number of piperazine rings is 1. The van der Waals surface area contributed by atoms with Crippen molar-refractivity contribution in [1.29, 1.82) is 0 Å². The topological polar surface area (TPSA) is 140 Å². The zero-order chi connectivity index (χ0) is 32.9. The van der Waals surface area contributed by atoms with Crippen LogP contribution < -0.4 is 24.8 Å². The van der Waals surface area contributed by atoms with Gasteiger partial charge in [-0.3, -0.25) is 4.79 Å². The fourth-order valence-corrected chi connectivity index (χ4v) is 4.94. The first kappa shape index (κ1) is 34.8. The van der Waals surface area contributed by atoms with Crippen LogP contribution in [0.2, 0.25) is 0 Å². The highest BCUT2D eigenvalue weighted by molar-refractivity contribution is 5.96. The van der Waals surface area contributed by atoms with E-state index in [4.69, 9.17) is 43.6 Å². The molecule has 46 heavy (non-hydrogen) atoms. The second-order valence-electron chi connectivity index (χ2n) is 10.8. The minimum atomic E-state index is 0.00246. The van der Waals surface area contributed by atoms with Gasteiger partial charge in [-0.15, -0.1) is 0 Å². The van der Waals surface area contributed by atoms with Crippen LogP contribution in [-0.2, 0) is 30.3 Å². The lowest BCUT2D eigenvalue weighted by Gasteiger charge is -2.34. The highest BCUT2D eigenvalue weighted by Gasteiger charge is 2.28. The summed E-state index contributed by atoms with van der Waals surface area (Å²) in [4.78, 5) is 40.8. The maximum atomic E-state index is 12.9. The first-order chi connectivity index (χ1) is 22.4. The number of nitrogens with zero attached hydrogens (tertiary/aromatic N) is 8. The van der Waals surface area contributed by atoms with Gasteiger partial charge in [-0.2, -0.15) is 9.97 Å². The number of benzene rings is 1. The Balaban J connectivity index is 1.91. The molecule has 1 saturated heterocycles. The largest absolute Gasteiger partial charge is 0.497 e. The first-order valence-corrected chi connectivity index (χ1v) is 15.3. The molecule has 0 aliphatic carbocycles. The van der Waals surface area contributed by atoms with Crippen molar-refractivity contribution in [3.63, 3.8) is 0 Å². The summed E-state index contributed by atoms with van der Waals surface area (Å²) in [5, 5.41) is 3.51. The first-order valence-electron chi connectivity index (χ1n) is 15.3. The van der Waals surface area contributed by atoms with Crippen molar-refractivity contribution in [2.75, 3.05) is 135 Å². The average molecular weight is 642 g/mol. The highest BCUT2D eigenvalue weighted by atomic mass is 16.5. The molecule has 2 aromatic heterocycles. The average Bonchev–Trinajstić information content (AvgIpc) is 3.08. The number of rotatable bonds is 19. The van der Waals surface area contributed by atoms with Gasteiger partial charge in [0.25, 0.3) is 0 Å². The standard InChI is InChI=1S/C31H47N9O6/c1-37-10-11-40(22-25(37)41)29-27-26(33-31(36-29)39(14-18-44-4)15-19-45-5)28(32-21-23-8-7-9-24(20-23)46-6)35-30(34-27)38(12-16-42-2)13-17-43-3/h7-9,20H,10-19,21-22H2,1-6H3,(H,32,34,35). The van der Waals surface area contributed by atoms with E-state index < -0.39 is 0 Å². The maximum Gasteiger partial charge on any atom is 0.241 e. The molecule has 1 aliphatic rings. The molecule has 0 radical (unpaired) electrons. The molecule has 0 spiro atoms. The third-order valence-electron chi connectivity index (χ3n) is 7.68. The second-order valence-corrected chi connectivity index (χ2v) is 10.8. The van der Waals surface area contributed by atoms with Crippen molar-refractivity contribution >= 4 is 40.5 Å². The van der Waals surface area contributed by atoms with Crippen molar-refractivity contribution in [2.24, 2.45) is 0 Å². The van der Waals surface area contributed by atoms with Gasteiger partial charge in [-0.1, -0.05) is 12.1 Å². The lowest BCUT2D eigenvalue weighted by Crippen LogP contribution is -2.49. The number of aromatic nitrogens is 4. The van der Waals surface area contributed by atoms with Gasteiger partial charge in [0.2, 0.25) is 17.8 Å². The van der Waals surface area contributed by atoms with Gasteiger partial charge >= 0.3 is 0 Å². The fourth-order valence-electron chi connectivity index (χ4n) is 4.94. The fraction of sp³-hybridized carbons (Fsp3) is 0.581. The van der Waals surface area contributed by atoms with E-state index in [1.807, 2.05) is 46.0 Å². The van der Waals surface area contributed by atoms with Crippen LogP contribution >= 0.6 is 0 Å². The van der Waals surface area contributed by atoms with Gasteiger partial charge < -0.3 is 48.6 Å². The third kappa shape index (κ3) is 9.02. The summed E-state index contributed by atoms with van der Waals surface area (Å²) < 4.78 is 27.0. The Morgan fingerprint density at radius 3 is 1.93 bits per heavy atom. The summed E-state index contributed by atoms with van der Waals surface area (Å²) in [5.41, 5.74) is 2.08. The monoisotopic (exact) mass is 641 g/mol. The molecule has 0 bridgehead atoms. The molecule has 252 valence electrons. The number of carbonyl (C=O) groups is 1. The summed E-state index contributed by atoms with van der Waals surface area (Å²) in [5.74, 6) is 2.81. The van der Waals surface area contributed by atoms with E-state index in [1.165, 1.54) is 0 Å². The van der Waals surface area contributed by atoms with E-state index in [0.29, 0.717) is 107 Å². The summed E-state index contributed by atoms with van der Waals surface area (Å²) in [6, 6.07) is 7.84. The number of ether oxygens (including phenoxy) is 5. The minimum Gasteiger partial charge on any atom is -0.497 e. The van der Waals surface area contributed by atoms with Gasteiger partial charge in [0.05, 0.1) is 40.1 Å². The van der Waals surface area contributed by atoms with E-state index in [9.17, 15) is 4.79 Å². The highest BCUT2D eigenvalue weighted by Crippen LogP contribution is 2.32. The SMILES string of the molecule is COCCN(CCOC)c1nc(N2CCN(C)C(=O)C2)c2nc(N(CCOC)CCOC)nc(NCc3cccc(OC)c3)c2n1. The van der Waals surface area contributed by atoms with Crippen molar-refractivity contribution < 1.29 is 28.5 Å². The Morgan fingerprint density at radius 1 is 0.783 bits per heavy atom. The molecule has 15 heteroatoms. The number of nitrogens with one attached hydrogen (secondary N) is 1. The van der Waals surface area contributed by atoms with Crippen LogP contribution in [0.3, 0.4) is 0 Å². The molecular weight excluding hydrogens is 594 g/mol. The summed E-state index contributed by atoms with van der Waals surface area (Å²) in [7, 11) is 10.1. The smallest absolute Gasteiger partial charge is 0.241 e. The van der Waals surface area contributed by atoms with E-state index in [2.05, 4.69) is 5.32 Å². The molecule has 0 unspecified atom stereocenters. The van der Waals surface area contributed by atoms with E-state index >= 15 is 0 Å². The van der Waals surface area contributed by atoms with Crippen molar-refractivity contribution in [2.45, 2.75) is 6.54 Å². The minimum absolute atomic E-state index is 0.00246. The zero-order valence-electron chi connectivity index (χ0n) is 27.8. The predicted molar refractivity (Wildman–Crippen MR) is 177 cm³/mol. The molecule has 1 N–H and O–H groups in total. The third-order valence-corrected chi connectivity index (χ3v) is 7.68. The molecule has 1 fully saturated rings. The van der Waals surface area contributed by atoms with E-state index in [-0.39, 0.29) is 12.5 Å². The van der Waals surface area contributed by atoms with Gasteiger partial charge in [-0.25, -0.2) is 9.97 Å². The Kier molecular flexibility index (Phi) is 13.3. The Morgan fingerprint density at radius 2 is 1.37 bits per heavy atom. The van der Waals surface area contributed by atoms with Gasteiger partial charge in [0.15, 0.2) is 11.6 Å². The zero-order valence-corrected chi connectivity index (χ0v) is 27.8. The van der Waals surface area contributed by atoms with E-state index in [0.717, 1.165) is 11.3 Å². The van der Waals surface area contributed by atoms with Gasteiger partial charge in [0.1, 0.15) is 16.8 Å².